The van der Waals surface area contributed by atoms with Gasteiger partial charge in [0.15, 0.2) is 5.78 Å². The van der Waals surface area contributed by atoms with Gasteiger partial charge in [-0.05, 0) is 30.9 Å². The second kappa shape index (κ2) is 7.41. The Balaban J connectivity index is 2.33. The lowest BCUT2D eigenvalue weighted by molar-refractivity contribution is -0.137. The number of alkyl halides is 3. The van der Waals surface area contributed by atoms with Crippen LogP contribution in [0, 0.1) is 11.2 Å². The predicted molar refractivity (Wildman–Crippen MR) is 102 cm³/mol. The zero-order chi connectivity index (χ0) is 22.6. The molecular weight excluding hydrogens is 426 g/mol. The van der Waals surface area contributed by atoms with Crippen molar-refractivity contribution in [1.29, 1.82) is 0 Å². The molecule has 2 aliphatic rings. The Labute approximate surface area is 175 Å². The lowest BCUT2D eigenvalue weighted by Crippen LogP contribution is -2.39. The molecule has 30 heavy (non-hydrogen) atoms. The topological polar surface area (TPSA) is 55.4 Å². The van der Waals surface area contributed by atoms with Gasteiger partial charge in [0.1, 0.15) is 5.82 Å². The molecule has 4 nitrogen and oxygen atoms in total. The summed E-state index contributed by atoms with van der Waals surface area (Å²) < 4.78 is 60.0. The Morgan fingerprint density at radius 2 is 1.90 bits per heavy atom. The lowest BCUT2D eigenvalue weighted by Gasteiger charge is -2.39. The van der Waals surface area contributed by atoms with Crippen molar-refractivity contribution in [2.75, 3.05) is 7.11 Å². The minimum Gasteiger partial charge on any atom is -0.466 e. The summed E-state index contributed by atoms with van der Waals surface area (Å²) >= 11 is 5.77. The molecule has 1 aliphatic heterocycles. The molecule has 9 heteroatoms. The molecule has 1 aromatic rings. The van der Waals surface area contributed by atoms with Crippen molar-refractivity contribution in [1.82, 2.24) is 5.32 Å². The average Bonchev–Trinajstić information content (AvgIpc) is 2.60. The standard InChI is InChI=1S/C21H20ClF4NO3/c1-9-15(19(29)30-4)16(17-13(27-9)7-20(2,3)8-14(17)28)11-5-10(21(24,25)26)6-12(22)18(11)23/h5-6,16,27H,7-8H2,1-4H3. The number of ether oxygens (including phenoxy) is 1. The molecule has 0 amide bonds. The van der Waals surface area contributed by atoms with Crippen molar-refractivity contribution in [3.63, 3.8) is 0 Å². The van der Waals surface area contributed by atoms with E-state index in [4.69, 9.17) is 16.3 Å². The minimum absolute atomic E-state index is 0.0645. The second-order valence-corrected chi connectivity index (χ2v) is 8.69. The molecule has 1 atom stereocenters. The van der Waals surface area contributed by atoms with Gasteiger partial charge >= 0.3 is 12.1 Å². The SMILES string of the molecule is COC(=O)C1=C(C)NC2=C(C(=O)CC(C)(C)C2)C1c1cc(C(F)(F)F)cc(Cl)c1F. The van der Waals surface area contributed by atoms with Gasteiger partial charge in [-0.25, -0.2) is 9.18 Å². The van der Waals surface area contributed by atoms with Gasteiger partial charge in [-0.3, -0.25) is 4.79 Å². The molecule has 0 aromatic heterocycles. The molecule has 1 N–H and O–H groups in total. The highest BCUT2D eigenvalue weighted by molar-refractivity contribution is 6.31. The molecule has 162 valence electrons. The maximum Gasteiger partial charge on any atom is 0.416 e. The number of carbonyl (C=O) groups excluding carboxylic acids is 2. The zero-order valence-corrected chi connectivity index (χ0v) is 17.5. The first-order chi connectivity index (χ1) is 13.8. The number of rotatable bonds is 2. The molecule has 0 radical (unpaired) electrons. The van der Waals surface area contributed by atoms with Gasteiger partial charge in [0.25, 0.3) is 0 Å². The van der Waals surface area contributed by atoms with Gasteiger partial charge in [-0.15, -0.1) is 0 Å². The summed E-state index contributed by atoms with van der Waals surface area (Å²) in [5.74, 6) is -3.73. The van der Waals surface area contributed by atoms with E-state index in [9.17, 15) is 22.8 Å². The molecule has 0 fully saturated rings. The van der Waals surface area contributed by atoms with E-state index in [1.807, 2.05) is 13.8 Å². The maximum atomic E-state index is 15.0. The first-order valence-electron chi connectivity index (χ1n) is 9.15. The number of allylic oxidation sites excluding steroid dienone is 3. The largest absolute Gasteiger partial charge is 0.466 e. The van der Waals surface area contributed by atoms with E-state index in [1.165, 1.54) is 6.92 Å². The van der Waals surface area contributed by atoms with Crippen molar-refractivity contribution in [2.24, 2.45) is 5.41 Å². The van der Waals surface area contributed by atoms with Gasteiger partial charge in [-0.2, -0.15) is 13.2 Å². The van der Waals surface area contributed by atoms with Crippen LogP contribution in [0.3, 0.4) is 0 Å². The second-order valence-electron chi connectivity index (χ2n) is 8.28. The quantitative estimate of drug-likeness (QED) is 0.497. The van der Waals surface area contributed by atoms with E-state index >= 15 is 4.39 Å². The number of hydrogen-bond donors (Lipinski definition) is 1. The average molecular weight is 446 g/mol. The van der Waals surface area contributed by atoms with E-state index in [1.54, 1.807) is 0 Å². The first kappa shape index (κ1) is 22.3. The summed E-state index contributed by atoms with van der Waals surface area (Å²) in [5, 5.41) is 2.26. The van der Waals surface area contributed by atoms with E-state index in [0.717, 1.165) is 7.11 Å². The smallest absolute Gasteiger partial charge is 0.416 e. The number of Topliss-reactive ketones (excluding diaryl/α,β-unsaturated/α-hetero) is 1. The van der Waals surface area contributed by atoms with Gasteiger partial charge in [0.05, 0.1) is 29.2 Å². The molecule has 0 saturated heterocycles. The highest BCUT2D eigenvalue weighted by atomic mass is 35.5. The van der Waals surface area contributed by atoms with Gasteiger partial charge in [0.2, 0.25) is 0 Å². The Kier molecular flexibility index (Phi) is 5.52. The Morgan fingerprint density at radius 1 is 1.27 bits per heavy atom. The fourth-order valence-corrected chi connectivity index (χ4v) is 4.34. The number of dihydropyridines is 1. The van der Waals surface area contributed by atoms with Crippen molar-refractivity contribution in [2.45, 2.75) is 45.7 Å². The Bertz CT molecular complexity index is 1010. The van der Waals surface area contributed by atoms with E-state index < -0.39 is 45.4 Å². The number of hydrogen-bond acceptors (Lipinski definition) is 4. The molecule has 0 bridgehead atoms. The monoisotopic (exact) mass is 445 g/mol. The van der Waals surface area contributed by atoms with Gasteiger partial charge in [-0.1, -0.05) is 25.4 Å². The van der Waals surface area contributed by atoms with Crippen LogP contribution in [0.25, 0.3) is 0 Å². The number of halogens is 5. The molecular formula is C21H20ClF4NO3. The molecule has 3 rings (SSSR count). The normalized spacial score (nSPS) is 21.4. The molecule has 1 aromatic carbocycles. The van der Waals surface area contributed by atoms with Crippen molar-refractivity contribution >= 4 is 23.4 Å². The van der Waals surface area contributed by atoms with E-state index in [0.29, 0.717) is 24.3 Å². The molecule has 0 spiro atoms. The van der Waals surface area contributed by atoms with Gasteiger partial charge in [0, 0.05) is 29.0 Å². The summed E-state index contributed by atoms with van der Waals surface area (Å²) in [6.07, 6.45) is -4.28. The lowest BCUT2D eigenvalue weighted by atomic mass is 9.68. The number of ketones is 1. The van der Waals surface area contributed by atoms with Crippen molar-refractivity contribution in [3.8, 4) is 0 Å². The van der Waals surface area contributed by atoms with Crippen LogP contribution in [-0.4, -0.2) is 18.9 Å². The fourth-order valence-electron chi connectivity index (χ4n) is 4.11. The maximum absolute atomic E-state index is 15.0. The van der Waals surface area contributed by atoms with Crippen molar-refractivity contribution < 1.29 is 31.9 Å². The van der Waals surface area contributed by atoms with E-state index in [2.05, 4.69) is 5.32 Å². The van der Waals surface area contributed by atoms with Gasteiger partial charge < -0.3 is 10.1 Å². The summed E-state index contributed by atoms with van der Waals surface area (Å²) in [6, 6.07) is 1.09. The highest BCUT2D eigenvalue weighted by Crippen LogP contribution is 2.48. The van der Waals surface area contributed by atoms with Crippen molar-refractivity contribution in [3.05, 3.63) is 56.6 Å². The number of nitrogens with one attached hydrogen (secondary N) is 1. The third-order valence-electron chi connectivity index (χ3n) is 5.34. The minimum atomic E-state index is -4.79. The molecule has 1 aliphatic carbocycles. The van der Waals surface area contributed by atoms with E-state index in [-0.39, 0.29) is 29.0 Å². The summed E-state index contributed by atoms with van der Waals surface area (Å²) in [7, 11) is 1.10. The van der Waals surface area contributed by atoms with Crippen LogP contribution in [-0.2, 0) is 20.5 Å². The van der Waals surface area contributed by atoms with Crippen LogP contribution in [0.2, 0.25) is 5.02 Å². The summed E-state index contributed by atoms with van der Waals surface area (Å²) in [6.45, 7) is 5.28. The Hall–Kier alpha value is -2.35. The van der Waals surface area contributed by atoms with Crippen LogP contribution >= 0.6 is 11.6 Å². The molecule has 1 unspecified atom stereocenters. The number of esters is 1. The third-order valence-corrected chi connectivity index (χ3v) is 5.61. The number of carbonyl (C=O) groups is 2. The molecule has 1 heterocycles. The zero-order valence-electron chi connectivity index (χ0n) is 16.8. The fraction of sp³-hybridized carbons (Fsp3) is 0.429. The number of benzene rings is 1. The van der Waals surface area contributed by atoms with Crippen LogP contribution in [0.5, 0.6) is 0 Å². The van der Waals surface area contributed by atoms with Crippen LogP contribution in [0.1, 0.15) is 50.7 Å². The van der Waals surface area contributed by atoms with Crippen LogP contribution in [0.4, 0.5) is 17.6 Å². The molecule has 0 saturated carbocycles. The van der Waals surface area contributed by atoms with Crippen LogP contribution < -0.4 is 5.32 Å². The Morgan fingerprint density at radius 3 is 2.47 bits per heavy atom. The third kappa shape index (κ3) is 3.85. The highest BCUT2D eigenvalue weighted by Gasteiger charge is 2.45. The number of methoxy groups -OCH3 is 1. The summed E-state index contributed by atoms with van der Waals surface area (Å²) in [4.78, 5) is 25.5. The predicted octanol–water partition coefficient (Wildman–Crippen LogP) is 5.27. The first-order valence-corrected chi connectivity index (χ1v) is 9.53. The van der Waals surface area contributed by atoms with Crippen LogP contribution in [0.15, 0.2) is 34.7 Å². The summed E-state index contributed by atoms with van der Waals surface area (Å²) in [5.41, 5.74) is -1.39.